The molecule has 0 fully saturated rings. The van der Waals surface area contributed by atoms with E-state index in [2.05, 4.69) is 53.4 Å². The van der Waals surface area contributed by atoms with Crippen molar-refractivity contribution in [2.45, 2.75) is 6.61 Å². The van der Waals surface area contributed by atoms with Gasteiger partial charge < -0.3 is 9.47 Å². The van der Waals surface area contributed by atoms with Gasteiger partial charge in [-0.15, -0.1) is 0 Å². The van der Waals surface area contributed by atoms with E-state index in [9.17, 15) is 4.79 Å². The normalized spacial score (nSPS) is 10.9. The quantitative estimate of drug-likeness (QED) is 0.191. The van der Waals surface area contributed by atoms with Crippen molar-refractivity contribution in [3.05, 3.63) is 94.1 Å². The summed E-state index contributed by atoms with van der Waals surface area (Å²) in [5.41, 5.74) is 2.06. The lowest BCUT2D eigenvalue weighted by atomic mass is 10.1. The monoisotopic (exact) mass is 470 g/mol. The molecule has 0 saturated carbocycles. The van der Waals surface area contributed by atoms with E-state index < -0.39 is 0 Å². The van der Waals surface area contributed by atoms with E-state index in [-0.39, 0.29) is 12.6 Å². The maximum Gasteiger partial charge on any atom is 0.331 e. The van der Waals surface area contributed by atoms with Gasteiger partial charge in [0, 0.05) is 6.08 Å². The van der Waals surface area contributed by atoms with Gasteiger partial charge in [0.25, 0.3) is 0 Å². The first-order chi connectivity index (χ1) is 13.2. The molecule has 0 amide bonds. The van der Waals surface area contributed by atoms with Crippen LogP contribution in [0.3, 0.4) is 0 Å². The van der Waals surface area contributed by atoms with Crippen LogP contribution in [0.15, 0.2) is 79.4 Å². The summed E-state index contributed by atoms with van der Waals surface area (Å²) in [5, 5.41) is 2.41. The Morgan fingerprint density at radius 3 is 2.70 bits per heavy atom. The number of carbonyl (C=O) groups excluding carboxylic acids is 1. The van der Waals surface area contributed by atoms with Gasteiger partial charge >= 0.3 is 5.97 Å². The molecular weight excluding hydrogens is 451 g/mol. The van der Waals surface area contributed by atoms with Gasteiger partial charge in [-0.1, -0.05) is 61.2 Å². The fourth-order valence-electron chi connectivity index (χ4n) is 2.67. The van der Waals surface area contributed by atoms with Crippen LogP contribution in [-0.4, -0.2) is 12.6 Å². The van der Waals surface area contributed by atoms with E-state index in [1.165, 1.54) is 22.9 Å². The van der Waals surface area contributed by atoms with Gasteiger partial charge in [-0.2, -0.15) is 0 Å². The van der Waals surface area contributed by atoms with Crippen LogP contribution >= 0.6 is 22.6 Å². The molecule has 3 aromatic carbocycles. The molecule has 3 aromatic rings. The van der Waals surface area contributed by atoms with Crippen molar-refractivity contribution >= 4 is 45.4 Å². The highest BCUT2D eigenvalue weighted by Gasteiger charge is 2.05. The first kappa shape index (κ1) is 19.2. The van der Waals surface area contributed by atoms with Gasteiger partial charge in [0.15, 0.2) is 0 Å². The zero-order valence-electron chi connectivity index (χ0n) is 14.7. The highest BCUT2D eigenvalue weighted by Crippen LogP contribution is 2.25. The van der Waals surface area contributed by atoms with Gasteiger partial charge in [-0.25, -0.2) is 4.79 Å². The third kappa shape index (κ3) is 5.20. The number of ether oxygens (including phenoxy) is 2. The van der Waals surface area contributed by atoms with Gasteiger partial charge in [0.1, 0.15) is 19.0 Å². The Hall–Kier alpha value is -2.60. The topological polar surface area (TPSA) is 35.5 Å². The maximum absolute atomic E-state index is 11.5. The number of halogens is 1. The molecule has 0 spiro atoms. The first-order valence-electron chi connectivity index (χ1n) is 8.52. The first-order valence-corrected chi connectivity index (χ1v) is 9.60. The highest BCUT2D eigenvalue weighted by molar-refractivity contribution is 14.1. The molecular formula is C23H19IO3. The second kappa shape index (κ2) is 9.37. The molecule has 0 aliphatic rings. The summed E-state index contributed by atoms with van der Waals surface area (Å²) in [6, 6.07) is 20.3. The van der Waals surface area contributed by atoms with Gasteiger partial charge in [0.2, 0.25) is 0 Å². The molecule has 4 heteroatoms. The second-order valence-electron chi connectivity index (χ2n) is 5.87. The van der Waals surface area contributed by atoms with E-state index >= 15 is 0 Å². The predicted molar refractivity (Wildman–Crippen MR) is 118 cm³/mol. The lowest BCUT2D eigenvalue weighted by molar-refractivity contribution is -0.136. The van der Waals surface area contributed by atoms with Crippen molar-refractivity contribution in [3.63, 3.8) is 0 Å². The fraction of sp³-hybridized carbons (Fsp3) is 0.0870. The lowest BCUT2D eigenvalue weighted by Crippen LogP contribution is -2.00. The van der Waals surface area contributed by atoms with Crippen LogP contribution in [0, 0.1) is 3.57 Å². The number of esters is 1. The van der Waals surface area contributed by atoms with Crippen LogP contribution in [0.1, 0.15) is 11.1 Å². The Balaban J connectivity index is 1.68. The van der Waals surface area contributed by atoms with Gasteiger partial charge in [0.05, 0.1) is 3.57 Å². The smallest absolute Gasteiger partial charge is 0.331 e. The molecule has 136 valence electrons. The van der Waals surface area contributed by atoms with E-state index in [1.807, 2.05) is 36.4 Å². The molecule has 0 heterocycles. The van der Waals surface area contributed by atoms with Crippen molar-refractivity contribution in [1.82, 2.24) is 0 Å². The molecule has 0 unspecified atom stereocenters. The van der Waals surface area contributed by atoms with Crippen LogP contribution in [-0.2, 0) is 16.1 Å². The van der Waals surface area contributed by atoms with Crippen LogP contribution < -0.4 is 4.74 Å². The Bertz CT molecular complexity index is 987. The number of hydrogen-bond donors (Lipinski definition) is 0. The van der Waals surface area contributed by atoms with Gasteiger partial charge in [-0.3, -0.25) is 0 Å². The molecule has 0 bridgehead atoms. The minimum absolute atomic E-state index is 0.210. The maximum atomic E-state index is 11.5. The average Bonchev–Trinajstić information content (AvgIpc) is 2.70. The zero-order valence-corrected chi connectivity index (χ0v) is 16.9. The fourth-order valence-corrected chi connectivity index (χ4v) is 3.36. The van der Waals surface area contributed by atoms with E-state index in [1.54, 1.807) is 6.08 Å². The Labute approximate surface area is 172 Å². The summed E-state index contributed by atoms with van der Waals surface area (Å²) < 4.78 is 11.9. The number of fused-ring (bicyclic) bond motifs is 1. The number of carbonyl (C=O) groups is 1. The Kier molecular flexibility index (Phi) is 6.65. The van der Waals surface area contributed by atoms with Crippen LogP contribution in [0.4, 0.5) is 0 Å². The van der Waals surface area contributed by atoms with E-state index in [0.717, 1.165) is 20.4 Å². The highest BCUT2D eigenvalue weighted by atomic mass is 127. The average molecular weight is 470 g/mol. The summed E-state index contributed by atoms with van der Waals surface area (Å²) >= 11 is 2.24. The third-order valence-corrected chi connectivity index (χ3v) is 4.82. The molecule has 0 N–H and O–H groups in total. The number of rotatable bonds is 7. The predicted octanol–water partition coefficient (Wildman–Crippen LogP) is 5.77. The van der Waals surface area contributed by atoms with Crippen LogP contribution in [0.2, 0.25) is 0 Å². The number of hydrogen-bond acceptors (Lipinski definition) is 3. The zero-order chi connectivity index (χ0) is 19.1. The minimum atomic E-state index is -0.388. The summed E-state index contributed by atoms with van der Waals surface area (Å²) in [5.74, 6) is 0.427. The summed E-state index contributed by atoms with van der Waals surface area (Å²) in [6.07, 6.45) is 4.67. The molecule has 0 aliphatic heterocycles. The van der Waals surface area contributed by atoms with Crippen molar-refractivity contribution in [2.24, 2.45) is 0 Å². The lowest BCUT2D eigenvalue weighted by Gasteiger charge is -2.11. The summed E-state index contributed by atoms with van der Waals surface area (Å²) in [7, 11) is 0. The van der Waals surface area contributed by atoms with Crippen LogP contribution in [0.25, 0.3) is 16.8 Å². The molecule has 27 heavy (non-hydrogen) atoms. The molecule has 0 radical (unpaired) electrons. The third-order valence-electron chi connectivity index (χ3n) is 3.97. The van der Waals surface area contributed by atoms with E-state index in [4.69, 9.17) is 9.47 Å². The van der Waals surface area contributed by atoms with Crippen molar-refractivity contribution < 1.29 is 14.3 Å². The second-order valence-corrected chi connectivity index (χ2v) is 7.03. The van der Waals surface area contributed by atoms with Crippen molar-refractivity contribution in [3.8, 4) is 5.75 Å². The molecule has 0 aromatic heterocycles. The number of benzene rings is 3. The SMILES string of the molecule is C=CCOC(=O)/C=C/c1ccc(OCc2cccc3ccccc23)c(I)c1. The molecule has 3 rings (SSSR count). The summed E-state index contributed by atoms with van der Waals surface area (Å²) in [4.78, 5) is 11.5. The summed E-state index contributed by atoms with van der Waals surface area (Å²) in [6.45, 7) is 4.22. The molecule has 0 aliphatic carbocycles. The minimum Gasteiger partial charge on any atom is -0.488 e. The van der Waals surface area contributed by atoms with Crippen molar-refractivity contribution in [1.29, 1.82) is 0 Å². The Morgan fingerprint density at radius 2 is 1.89 bits per heavy atom. The molecule has 0 saturated heterocycles. The standard InChI is InChI=1S/C23H19IO3/c1-2-14-26-23(25)13-11-17-10-12-22(21(24)15-17)27-16-19-8-5-7-18-6-3-4-9-20(18)19/h2-13,15H,1,14,16H2/b13-11+. The molecule has 0 atom stereocenters. The van der Waals surface area contributed by atoms with Crippen molar-refractivity contribution in [2.75, 3.05) is 6.61 Å². The van der Waals surface area contributed by atoms with Crippen LogP contribution in [0.5, 0.6) is 5.75 Å². The van der Waals surface area contributed by atoms with Gasteiger partial charge in [-0.05, 0) is 62.7 Å². The Morgan fingerprint density at radius 1 is 1.07 bits per heavy atom. The molecule has 3 nitrogen and oxygen atoms in total. The largest absolute Gasteiger partial charge is 0.488 e. The van der Waals surface area contributed by atoms with E-state index in [0.29, 0.717) is 6.61 Å².